The van der Waals surface area contributed by atoms with Crippen LogP contribution in [0, 0.1) is 6.92 Å². The van der Waals surface area contributed by atoms with Crippen molar-refractivity contribution in [1.82, 2.24) is 0 Å². The number of rotatable bonds is 1. The molecule has 2 rings (SSSR count). The molecular weight excluding hydrogens is 203 g/mol. The monoisotopic (exact) mass is 216 g/mol. The third kappa shape index (κ3) is 2.38. The quantitative estimate of drug-likeness (QED) is 0.736. The van der Waals surface area contributed by atoms with Crippen LogP contribution in [0.5, 0.6) is 0 Å². The van der Waals surface area contributed by atoms with Gasteiger partial charge in [0, 0.05) is 0 Å². The van der Waals surface area contributed by atoms with Crippen LogP contribution in [0.4, 0.5) is 0 Å². The topological polar surface area (TPSA) is 37.3 Å². The van der Waals surface area contributed by atoms with Gasteiger partial charge in [0.2, 0.25) is 0 Å². The minimum absolute atomic E-state index is 0. The summed E-state index contributed by atoms with van der Waals surface area (Å²) < 4.78 is 0. The van der Waals surface area contributed by atoms with Gasteiger partial charge in [-0.05, 0) is 29.8 Å². The van der Waals surface area contributed by atoms with E-state index in [0.29, 0.717) is 5.56 Å². The Balaban J connectivity index is 0.00000112. The number of carbonyl (C=O) groups is 1. The van der Waals surface area contributed by atoms with Gasteiger partial charge >= 0.3 is 5.97 Å². The van der Waals surface area contributed by atoms with E-state index in [1.54, 1.807) is 12.1 Å². The van der Waals surface area contributed by atoms with Crippen molar-refractivity contribution in [2.45, 2.75) is 6.92 Å². The van der Waals surface area contributed by atoms with Gasteiger partial charge < -0.3 is 5.11 Å². The number of aryl methyl sites for hydroxylation is 1. The minimum atomic E-state index is -0.882. The molecule has 0 amide bonds. The third-order valence-electron chi connectivity index (χ3n) is 2.24. The predicted octanol–water partition coefficient (Wildman–Crippen LogP) is 1.66. The Kier molecular flexibility index (Phi) is 3.52. The van der Waals surface area contributed by atoms with Gasteiger partial charge in [-0.3, -0.25) is 0 Å². The largest absolute Gasteiger partial charge is 0.478 e. The molecule has 76 valence electrons. The second kappa shape index (κ2) is 4.48. The van der Waals surface area contributed by atoms with E-state index in [-0.39, 0.29) is 17.4 Å². The highest BCUT2D eigenvalue weighted by atomic mass is 27.0. The Morgan fingerprint density at radius 2 is 1.67 bits per heavy atom. The van der Waals surface area contributed by atoms with E-state index in [0.717, 1.165) is 10.8 Å². The number of carboxylic acids is 1. The molecule has 0 saturated heterocycles. The normalized spacial score (nSPS) is 9.67. The van der Waals surface area contributed by atoms with Crippen molar-refractivity contribution in [3.63, 3.8) is 0 Å². The fourth-order valence-corrected chi connectivity index (χ4v) is 1.50. The molecule has 0 aliphatic rings. The van der Waals surface area contributed by atoms with E-state index in [1.807, 2.05) is 31.2 Å². The van der Waals surface area contributed by atoms with Crippen molar-refractivity contribution in [2.24, 2.45) is 0 Å². The second-order valence-electron chi connectivity index (χ2n) is 3.37. The number of aromatic carboxylic acids is 1. The standard InChI is InChI=1S/C12H10O2.Al.3H/c1-8-2-3-10-7-11(12(13)14)5-4-9(10)6-8;;;;/h2-7H,1H3,(H,13,14);;;;. The highest BCUT2D eigenvalue weighted by Crippen LogP contribution is 2.17. The fraction of sp³-hybridized carbons (Fsp3) is 0.0833. The van der Waals surface area contributed by atoms with Gasteiger partial charge in [0.05, 0.1) is 5.56 Å². The van der Waals surface area contributed by atoms with Crippen LogP contribution >= 0.6 is 0 Å². The zero-order valence-electron chi connectivity index (χ0n) is 7.82. The van der Waals surface area contributed by atoms with Gasteiger partial charge in [-0.25, -0.2) is 4.79 Å². The second-order valence-corrected chi connectivity index (χ2v) is 3.37. The zero-order chi connectivity index (χ0) is 10.1. The van der Waals surface area contributed by atoms with Gasteiger partial charge in [-0.1, -0.05) is 29.8 Å². The maximum atomic E-state index is 10.7. The highest BCUT2D eigenvalue weighted by Gasteiger charge is 2.02. The summed E-state index contributed by atoms with van der Waals surface area (Å²) >= 11 is 0. The molecule has 1 N–H and O–H groups in total. The zero-order valence-corrected chi connectivity index (χ0v) is 7.82. The third-order valence-corrected chi connectivity index (χ3v) is 2.24. The van der Waals surface area contributed by atoms with Crippen molar-refractivity contribution in [1.29, 1.82) is 0 Å². The molecule has 2 aromatic carbocycles. The smallest absolute Gasteiger partial charge is 0.335 e. The van der Waals surface area contributed by atoms with Crippen LogP contribution in [-0.4, -0.2) is 28.4 Å². The molecule has 2 aromatic rings. The summed E-state index contributed by atoms with van der Waals surface area (Å²) in [6.45, 7) is 2.02. The molecule has 0 saturated carbocycles. The molecule has 0 fully saturated rings. The van der Waals surface area contributed by atoms with E-state index in [1.165, 1.54) is 5.56 Å². The van der Waals surface area contributed by atoms with E-state index < -0.39 is 5.97 Å². The summed E-state index contributed by atoms with van der Waals surface area (Å²) in [6.07, 6.45) is 0. The number of hydrogen-bond acceptors (Lipinski definition) is 1. The maximum Gasteiger partial charge on any atom is 0.335 e. The summed E-state index contributed by atoms with van der Waals surface area (Å²) in [5.74, 6) is -0.882. The first-order chi connectivity index (χ1) is 6.66. The van der Waals surface area contributed by atoms with Crippen LogP contribution in [0.25, 0.3) is 10.8 Å². The van der Waals surface area contributed by atoms with Crippen molar-refractivity contribution >= 4 is 34.1 Å². The lowest BCUT2D eigenvalue weighted by atomic mass is 10.1. The Morgan fingerprint density at radius 3 is 2.33 bits per heavy atom. The molecule has 0 unspecified atom stereocenters. The first-order valence-electron chi connectivity index (χ1n) is 4.40. The molecule has 0 spiro atoms. The summed E-state index contributed by atoms with van der Waals surface area (Å²) in [7, 11) is 0. The van der Waals surface area contributed by atoms with E-state index in [4.69, 9.17) is 5.11 Å². The molecular formula is C12H13AlO2. The molecule has 0 aliphatic carbocycles. The number of carboxylic acid groups (broad SMARTS) is 1. The highest BCUT2D eigenvalue weighted by molar-refractivity contribution is 5.94. The Morgan fingerprint density at radius 1 is 1.07 bits per heavy atom. The van der Waals surface area contributed by atoms with Crippen LogP contribution in [0.15, 0.2) is 36.4 Å². The van der Waals surface area contributed by atoms with Crippen molar-refractivity contribution in [2.75, 3.05) is 0 Å². The van der Waals surface area contributed by atoms with Gasteiger partial charge in [-0.2, -0.15) is 0 Å². The summed E-state index contributed by atoms with van der Waals surface area (Å²) in [6, 6.07) is 11.1. The molecule has 0 aromatic heterocycles. The van der Waals surface area contributed by atoms with Gasteiger partial charge in [0.15, 0.2) is 17.4 Å². The molecule has 0 heterocycles. The van der Waals surface area contributed by atoms with Gasteiger partial charge in [-0.15, -0.1) is 0 Å². The Hall–Kier alpha value is -1.30. The average Bonchev–Trinajstić information content (AvgIpc) is 2.16. The number of fused-ring (bicyclic) bond motifs is 1. The summed E-state index contributed by atoms with van der Waals surface area (Å²) in [4.78, 5) is 10.7. The van der Waals surface area contributed by atoms with Crippen LogP contribution in [0.1, 0.15) is 15.9 Å². The summed E-state index contributed by atoms with van der Waals surface area (Å²) in [5, 5.41) is 10.8. The van der Waals surface area contributed by atoms with Crippen molar-refractivity contribution in [3.8, 4) is 0 Å². The van der Waals surface area contributed by atoms with Crippen LogP contribution in [0.2, 0.25) is 0 Å². The number of benzene rings is 2. The van der Waals surface area contributed by atoms with Crippen molar-refractivity contribution < 1.29 is 9.90 Å². The molecule has 0 radical (unpaired) electrons. The molecule has 15 heavy (non-hydrogen) atoms. The minimum Gasteiger partial charge on any atom is -0.478 e. The lowest BCUT2D eigenvalue weighted by Gasteiger charge is -2.00. The molecule has 0 atom stereocenters. The first-order valence-corrected chi connectivity index (χ1v) is 4.40. The Labute approximate surface area is 98.7 Å². The SMILES string of the molecule is Cc1ccc2cc(C(=O)O)ccc2c1.[AlH3]. The lowest BCUT2D eigenvalue weighted by Crippen LogP contribution is -1.95. The number of hydrogen-bond donors (Lipinski definition) is 1. The molecule has 0 bridgehead atoms. The summed E-state index contributed by atoms with van der Waals surface area (Å²) in [5.41, 5.74) is 1.52. The van der Waals surface area contributed by atoms with Gasteiger partial charge in [0.25, 0.3) is 0 Å². The average molecular weight is 216 g/mol. The van der Waals surface area contributed by atoms with Gasteiger partial charge in [0.1, 0.15) is 0 Å². The lowest BCUT2D eigenvalue weighted by molar-refractivity contribution is 0.0697. The molecule has 0 aliphatic heterocycles. The Bertz CT molecular complexity index is 506. The maximum absolute atomic E-state index is 10.7. The van der Waals surface area contributed by atoms with Crippen LogP contribution < -0.4 is 0 Å². The first kappa shape index (κ1) is 11.8. The van der Waals surface area contributed by atoms with E-state index >= 15 is 0 Å². The van der Waals surface area contributed by atoms with Crippen molar-refractivity contribution in [3.05, 3.63) is 47.5 Å². The fourth-order valence-electron chi connectivity index (χ4n) is 1.50. The van der Waals surface area contributed by atoms with E-state index in [2.05, 4.69) is 0 Å². The van der Waals surface area contributed by atoms with Crippen LogP contribution in [0.3, 0.4) is 0 Å². The molecule has 3 heteroatoms. The van der Waals surface area contributed by atoms with Crippen LogP contribution in [-0.2, 0) is 0 Å². The predicted molar refractivity (Wildman–Crippen MR) is 65.6 cm³/mol. The van der Waals surface area contributed by atoms with E-state index in [9.17, 15) is 4.79 Å². The molecule has 2 nitrogen and oxygen atoms in total.